The Balaban J connectivity index is 0.00000338. The van der Waals surface area contributed by atoms with Gasteiger partial charge < -0.3 is 16.4 Å². The van der Waals surface area contributed by atoms with Gasteiger partial charge in [0.1, 0.15) is 0 Å². The molecule has 0 radical (unpaired) electrons. The topological polar surface area (TPSA) is 84.2 Å². The quantitative estimate of drug-likeness (QED) is 0.712. The van der Waals surface area contributed by atoms with E-state index in [9.17, 15) is 9.59 Å². The number of hydrogen-bond acceptors (Lipinski definition) is 3. The van der Waals surface area contributed by atoms with Crippen LogP contribution in [0, 0.1) is 12.8 Å². The van der Waals surface area contributed by atoms with E-state index in [2.05, 4.69) is 10.6 Å². The number of anilines is 2. The molecule has 2 aromatic carbocycles. The molecule has 0 aliphatic carbocycles. The molecule has 140 valence electrons. The number of hydrogen-bond donors (Lipinski definition) is 3. The number of nitrogens with one attached hydrogen (secondary N) is 2. The van der Waals surface area contributed by atoms with Crippen molar-refractivity contribution in [1.29, 1.82) is 0 Å². The summed E-state index contributed by atoms with van der Waals surface area (Å²) in [6, 6.07) is 14.6. The van der Waals surface area contributed by atoms with Crippen LogP contribution >= 0.6 is 12.4 Å². The molecule has 0 aromatic heterocycles. The van der Waals surface area contributed by atoms with Crippen molar-refractivity contribution in [1.82, 2.24) is 0 Å². The van der Waals surface area contributed by atoms with E-state index >= 15 is 0 Å². The molecule has 0 heterocycles. The molecule has 0 aliphatic heterocycles. The first-order valence-corrected chi connectivity index (χ1v) is 8.44. The zero-order valence-electron chi connectivity index (χ0n) is 15.3. The van der Waals surface area contributed by atoms with Crippen molar-refractivity contribution in [2.75, 3.05) is 10.6 Å². The summed E-state index contributed by atoms with van der Waals surface area (Å²) in [7, 11) is 0. The Kier molecular flexibility index (Phi) is 8.29. The van der Waals surface area contributed by atoms with Gasteiger partial charge >= 0.3 is 0 Å². The molecular formula is C20H26ClN3O2. The SMILES string of the molecule is CCC(=O)Nc1ccc(C)c(NC(=O)C(C)C(N)c2ccccc2)c1.Cl. The molecule has 2 aromatic rings. The number of benzene rings is 2. The summed E-state index contributed by atoms with van der Waals surface area (Å²) >= 11 is 0. The van der Waals surface area contributed by atoms with Gasteiger partial charge in [0.2, 0.25) is 11.8 Å². The lowest BCUT2D eigenvalue weighted by atomic mass is 9.94. The Morgan fingerprint density at radius 1 is 1.08 bits per heavy atom. The maximum atomic E-state index is 12.6. The standard InChI is InChI=1S/C20H25N3O2.ClH/c1-4-18(24)22-16-11-10-13(2)17(12-16)23-20(25)14(3)19(21)15-8-6-5-7-9-15;/h5-12,14,19H,4,21H2,1-3H3,(H,22,24)(H,23,25);1H. The molecule has 2 unspecified atom stereocenters. The van der Waals surface area contributed by atoms with Gasteiger partial charge in [-0.3, -0.25) is 9.59 Å². The van der Waals surface area contributed by atoms with Gasteiger partial charge in [0.15, 0.2) is 0 Å². The Morgan fingerprint density at radius 3 is 2.35 bits per heavy atom. The summed E-state index contributed by atoms with van der Waals surface area (Å²) in [6.45, 7) is 5.51. The first-order valence-electron chi connectivity index (χ1n) is 8.44. The van der Waals surface area contributed by atoms with E-state index in [1.165, 1.54) is 0 Å². The molecule has 0 fully saturated rings. The lowest BCUT2D eigenvalue weighted by molar-refractivity contribution is -0.120. The second-order valence-electron chi connectivity index (χ2n) is 6.15. The van der Waals surface area contributed by atoms with Crippen LogP contribution in [-0.4, -0.2) is 11.8 Å². The highest BCUT2D eigenvalue weighted by Crippen LogP contribution is 2.24. The van der Waals surface area contributed by atoms with Gasteiger partial charge in [0.05, 0.1) is 5.92 Å². The molecule has 2 atom stereocenters. The fourth-order valence-corrected chi connectivity index (χ4v) is 2.46. The fraction of sp³-hybridized carbons (Fsp3) is 0.300. The van der Waals surface area contributed by atoms with Crippen LogP contribution in [0.5, 0.6) is 0 Å². The molecular weight excluding hydrogens is 350 g/mol. The van der Waals surface area contributed by atoms with Gasteiger partial charge in [-0.15, -0.1) is 12.4 Å². The van der Waals surface area contributed by atoms with E-state index in [4.69, 9.17) is 5.73 Å². The predicted molar refractivity (Wildman–Crippen MR) is 109 cm³/mol. The molecule has 4 N–H and O–H groups in total. The van der Waals surface area contributed by atoms with Gasteiger partial charge in [-0.1, -0.05) is 50.2 Å². The molecule has 5 nitrogen and oxygen atoms in total. The maximum Gasteiger partial charge on any atom is 0.229 e. The van der Waals surface area contributed by atoms with Crippen molar-refractivity contribution < 1.29 is 9.59 Å². The Labute approximate surface area is 160 Å². The molecule has 2 amide bonds. The summed E-state index contributed by atoms with van der Waals surface area (Å²) in [4.78, 5) is 24.1. The van der Waals surface area contributed by atoms with Crippen molar-refractivity contribution in [3.8, 4) is 0 Å². The fourth-order valence-electron chi connectivity index (χ4n) is 2.46. The van der Waals surface area contributed by atoms with Gasteiger partial charge in [-0.25, -0.2) is 0 Å². The summed E-state index contributed by atoms with van der Waals surface area (Å²) < 4.78 is 0. The van der Waals surface area contributed by atoms with E-state index in [0.717, 1.165) is 11.1 Å². The number of nitrogens with two attached hydrogens (primary N) is 1. The minimum absolute atomic E-state index is 0. The van der Waals surface area contributed by atoms with Gasteiger partial charge in [-0.05, 0) is 30.2 Å². The van der Waals surface area contributed by atoms with Gasteiger partial charge in [0.25, 0.3) is 0 Å². The zero-order chi connectivity index (χ0) is 18.4. The third kappa shape index (κ3) is 5.58. The lowest BCUT2D eigenvalue weighted by Crippen LogP contribution is -2.30. The van der Waals surface area contributed by atoms with Crippen LogP contribution < -0.4 is 16.4 Å². The van der Waals surface area contributed by atoms with Crippen molar-refractivity contribution in [2.45, 2.75) is 33.2 Å². The van der Waals surface area contributed by atoms with Crippen LogP contribution in [0.15, 0.2) is 48.5 Å². The molecule has 0 spiro atoms. The Hall–Kier alpha value is -2.37. The van der Waals surface area contributed by atoms with Crippen LogP contribution in [0.2, 0.25) is 0 Å². The van der Waals surface area contributed by atoms with Crippen molar-refractivity contribution in [3.63, 3.8) is 0 Å². The number of aryl methyl sites for hydroxylation is 1. The first kappa shape index (κ1) is 21.7. The minimum atomic E-state index is -0.393. The number of carbonyl (C=O) groups is 2. The van der Waals surface area contributed by atoms with Gasteiger partial charge in [0, 0.05) is 23.8 Å². The summed E-state index contributed by atoms with van der Waals surface area (Å²) in [6.07, 6.45) is 0.401. The summed E-state index contributed by atoms with van der Waals surface area (Å²) in [5, 5.41) is 5.72. The van der Waals surface area contributed by atoms with E-state index in [1.54, 1.807) is 13.0 Å². The zero-order valence-corrected chi connectivity index (χ0v) is 16.1. The summed E-state index contributed by atoms with van der Waals surface area (Å²) in [5.41, 5.74) is 9.40. The highest BCUT2D eigenvalue weighted by atomic mass is 35.5. The number of rotatable bonds is 6. The smallest absolute Gasteiger partial charge is 0.229 e. The van der Waals surface area contributed by atoms with E-state index in [-0.39, 0.29) is 30.3 Å². The maximum absolute atomic E-state index is 12.6. The van der Waals surface area contributed by atoms with E-state index in [1.807, 2.05) is 56.3 Å². The van der Waals surface area contributed by atoms with Crippen molar-refractivity contribution >= 4 is 35.6 Å². The van der Waals surface area contributed by atoms with Gasteiger partial charge in [-0.2, -0.15) is 0 Å². The summed E-state index contributed by atoms with van der Waals surface area (Å²) in [5.74, 6) is -0.616. The highest BCUT2D eigenvalue weighted by molar-refractivity contribution is 5.95. The second kappa shape index (κ2) is 9.94. The molecule has 0 aliphatic rings. The van der Waals surface area contributed by atoms with Crippen LogP contribution in [0.3, 0.4) is 0 Å². The van der Waals surface area contributed by atoms with E-state index < -0.39 is 5.92 Å². The number of amides is 2. The largest absolute Gasteiger partial charge is 0.326 e. The van der Waals surface area contributed by atoms with Crippen molar-refractivity contribution in [2.24, 2.45) is 11.7 Å². The Morgan fingerprint density at radius 2 is 1.73 bits per heavy atom. The number of halogens is 1. The molecule has 0 saturated heterocycles. The third-order valence-electron chi connectivity index (χ3n) is 4.24. The molecule has 26 heavy (non-hydrogen) atoms. The van der Waals surface area contributed by atoms with Crippen LogP contribution in [0.1, 0.15) is 37.4 Å². The molecule has 0 bridgehead atoms. The molecule has 0 saturated carbocycles. The first-order chi connectivity index (χ1) is 11.9. The van der Waals surface area contributed by atoms with Crippen LogP contribution in [-0.2, 0) is 9.59 Å². The predicted octanol–water partition coefficient (Wildman–Crippen LogP) is 4.04. The average molecular weight is 376 g/mol. The third-order valence-corrected chi connectivity index (χ3v) is 4.24. The van der Waals surface area contributed by atoms with Crippen LogP contribution in [0.4, 0.5) is 11.4 Å². The minimum Gasteiger partial charge on any atom is -0.326 e. The van der Waals surface area contributed by atoms with E-state index in [0.29, 0.717) is 17.8 Å². The monoisotopic (exact) mass is 375 g/mol. The lowest BCUT2D eigenvalue weighted by Gasteiger charge is -2.20. The second-order valence-corrected chi connectivity index (χ2v) is 6.15. The van der Waals surface area contributed by atoms with Crippen LogP contribution in [0.25, 0.3) is 0 Å². The Bertz CT molecular complexity index is 750. The van der Waals surface area contributed by atoms with Crippen molar-refractivity contribution in [3.05, 3.63) is 59.7 Å². The molecule has 6 heteroatoms. The highest BCUT2D eigenvalue weighted by Gasteiger charge is 2.22. The normalized spacial score (nSPS) is 12.5. The average Bonchev–Trinajstić information content (AvgIpc) is 2.63. The molecule has 2 rings (SSSR count). The number of carbonyl (C=O) groups excluding carboxylic acids is 2.